The molecule has 0 aliphatic carbocycles. The van der Waals surface area contributed by atoms with Gasteiger partial charge in [-0.05, 0) is 37.1 Å². The lowest BCUT2D eigenvalue weighted by atomic mass is 10.2. The van der Waals surface area contributed by atoms with E-state index in [1.807, 2.05) is 24.3 Å². The second kappa shape index (κ2) is 10.1. The molecule has 9 heteroatoms. The van der Waals surface area contributed by atoms with Crippen molar-refractivity contribution in [3.05, 3.63) is 53.1 Å². The molecule has 1 amide bonds. The van der Waals surface area contributed by atoms with E-state index in [0.29, 0.717) is 25.4 Å². The van der Waals surface area contributed by atoms with Gasteiger partial charge in [-0.2, -0.15) is 4.31 Å². The Morgan fingerprint density at radius 2 is 1.83 bits per heavy atom. The largest absolute Gasteiger partial charge is 0.496 e. The fraction of sp³-hybridized carbons (Fsp3) is 0.381. The molecule has 1 fully saturated rings. The van der Waals surface area contributed by atoms with Gasteiger partial charge in [0.1, 0.15) is 11.5 Å². The standard InChI is InChI=1S/C21H25ClN2O5S/c1-28-19-8-4-3-7-16(19)14-23-21(25)15-29-20-10-9-17(13-18(20)22)30(26,27)24-11-5-2-6-12-24/h3-4,7-10,13H,2,5-6,11-12,14-15H2,1H3,(H,23,25). The maximum absolute atomic E-state index is 12.7. The predicted molar refractivity (Wildman–Crippen MR) is 114 cm³/mol. The highest BCUT2D eigenvalue weighted by molar-refractivity contribution is 7.89. The maximum Gasteiger partial charge on any atom is 0.258 e. The first-order chi connectivity index (χ1) is 14.4. The van der Waals surface area contributed by atoms with Crippen LogP contribution in [-0.4, -0.2) is 45.4 Å². The Balaban J connectivity index is 1.57. The van der Waals surface area contributed by atoms with Crippen molar-refractivity contribution in [1.29, 1.82) is 0 Å². The van der Waals surface area contributed by atoms with Crippen LogP contribution in [-0.2, 0) is 21.4 Å². The van der Waals surface area contributed by atoms with E-state index in [1.165, 1.54) is 22.5 Å². The minimum absolute atomic E-state index is 0.127. The number of methoxy groups -OCH3 is 1. The van der Waals surface area contributed by atoms with Gasteiger partial charge in [0.25, 0.3) is 5.91 Å². The number of nitrogens with one attached hydrogen (secondary N) is 1. The van der Waals surface area contributed by atoms with E-state index in [2.05, 4.69) is 5.32 Å². The molecule has 2 aromatic rings. The molecule has 0 bridgehead atoms. The quantitative estimate of drug-likeness (QED) is 0.664. The molecule has 1 saturated heterocycles. The lowest BCUT2D eigenvalue weighted by Crippen LogP contribution is -2.35. The molecular formula is C21H25ClN2O5S. The van der Waals surface area contributed by atoms with Crippen LogP contribution >= 0.6 is 11.6 Å². The Hall–Kier alpha value is -2.29. The number of halogens is 1. The van der Waals surface area contributed by atoms with Crippen LogP contribution in [0.1, 0.15) is 24.8 Å². The molecule has 0 atom stereocenters. The number of hydrogen-bond donors (Lipinski definition) is 1. The molecule has 3 rings (SSSR count). The molecule has 1 aliphatic heterocycles. The monoisotopic (exact) mass is 452 g/mol. The molecule has 0 spiro atoms. The number of rotatable bonds is 8. The highest BCUT2D eigenvalue weighted by Gasteiger charge is 2.26. The lowest BCUT2D eigenvalue weighted by molar-refractivity contribution is -0.123. The van der Waals surface area contributed by atoms with Crippen LogP contribution in [0.2, 0.25) is 5.02 Å². The van der Waals surface area contributed by atoms with E-state index in [4.69, 9.17) is 21.1 Å². The Labute approximate surface area is 182 Å². The molecule has 162 valence electrons. The van der Waals surface area contributed by atoms with E-state index >= 15 is 0 Å². The molecule has 0 saturated carbocycles. The number of para-hydroxylation sites is 1. The van der Waals surface area contributed by atoms with Crippen molar-refractivity contribution in [2.45, 2.75) is 30.7 Å². The van der Waals surface area contributed by atoms with Crippen LogP contribution in [0, 0.1) is 0 Å². The van der Waals surface area contributed by atoms with Gasteiger partial charge < -0.3 is 14.8 Å². The summed E-state index contributed by atoms with van der Waals surface area (Å²) in [6.45, 7) is 1.09. The summed E-state index contributed by atoms with van der Waals surface area (Å²) in [4.78, 5) is 12.2. The summed E-state index contributed by atoms with van der Waals surface area (Å²) in [5.74, 6) is 0.607. The highest BCUT2D eigenvalue weighted by Crippen LogP contribution is 2.29. The number of ether oxygens (including phenoxy) is 2. The van der Waals surface area contributed by atoms with Gasteiger partial charge in [0, 0.05) is 25.2 Å². The minimum Gasteiger partial charge on any atom is -0.496 e. The smallest absolute Gasteiger partial charge is 0.258 e. The molecule has 2 aromatic carbocycles. The van der Waals surface area contributed by atoms with Crippen LogP contribution in [0.3, 0.4) is 0 Å². The van der Waals surface area contributed by atoms with Gasteiger partial charge in [-0.15, -0.1) is 0 Å². The molecule has 7 nitrogen and oxygen atoms in total. The van der Waals surface area contributed by atoms with Crippen molar-refractivity contribution in [2.75, 3.05) is 26.8 Å². The SMILES string of the molecule is COc1ccccc1CNC(=O)COc1ccc(S(=O)(=O)N2CCCCC2)cc1Cl. The number of piperidine rings is 1. The molecule has 0 aromatic heterocycles. The summed E-state index contributed by atoms with van der Waals surface area (Å²) < 4.78 is 37.7. The molecule has 30 heavy (non-hydrogen) atoms. The summed E-state index contributed by atoms with van der Waals surface area (Å²) in [5, 5.41) is 2.90. The van der Waals surface area contributed by atoms with Gasteiger partial charge in [-0.3, -0.25) is 4.79 Å². The van der Waals surface area contributed by atoms with Gasteiger partial charge >= 0.3 is 0 Å². The predicted octanol–water partition coefficient (Wildman–Crippen LogP) is 3.22. The fourth-order valence-electron chi connectivity index (χ4n) is 3.25. The maximum atomic E-state index is 12.7. The van der Waals surface area contributed by atoms with Crippen LogP contribution in [0.25, 0.3) is 0 Å². The molecular weight excluding hydrogens is 428 g/mol. The van der Waals surface area contributed by atoms with E-state index in [1.54, 1.807) is 7.11 Å². The number of amides is 1. The Morgan fingerprint density at radius 3 is 2.53 bits per heavy atom. The first-order valence-electron chi connectivity index (χ1n) is 9.73. The van der Waals surface area contributed by atoms with Crippen molar-refractivity contribution >= 4 is 27.5 Å². The Kier molecular flexibility index (Phi) is 7.58. The zero-order valence-corrected chi connectivity index (χ0v) is 18.3. The third-order valence-corrected chi connectivity index (χ3v) is 7.07. The van der Waals surface area contributed by atoms with Gasteiger partial charge in [0.15, 0.2) is 6.61 Å². The average molecular weight is 453 g/mol. The number of hydrogen-bond acceptors (Lipinski definition) is 5. The Morgan fingerprint density at radius 1 is 1.10 bits per heavy atom. The van der Waals surface area contributed by atoms with Crippen LogP contribution < -0.4 is 14.8 Å². The van der Waals surface area contributed by atoms with E-state index in [0.717, 1.165) is 24.8 Å². The van der Waals surface area contributed by atoms with Crippen molar-refractivity contribution in [3.8, 4) is 11.5 Å². The second-order valence-electron chi connectivity index (χ2n) is 6.93. The number of carbonyl (C=O) groups excluding carboxylic acids is 1. The number of benzene rings is 2. The molecule has 0 unspecified atom stereocenters. The summed E-state index contributed by atoms with van der Waals surface area (Å²) in [5.41, 5.74) is 0.846. The molecule has 0 radical (unpaired) electrons. The first kappa shape index (κ1) is 22.4. The molecule has 1 N–H and O–H groups in total. The zero-order valence-electron chi connectivity index (χ0n) is 16.8. The first-order valence-corrected chi connectivity index (χ1v) is 11.5. The molecule has 1 heterocycles. The molecule has 1 aliphatic rings. The van der Waals surface area contributed by atoms with Crippen molar-refractivity contribution in [3.63, 3.8) is 0 Å². The topological polar surface area (TPSA) is 84.9 Å². The fourth-order valence-corrected chi connectivity index (χ4v) is 5.09. The van der Waals surface area contributed by atoms with Gasteiger partial charge in [-0.25, -0.2) is 8.42 Å². The summed E-state index contributed by atoms with van der Waals surface area (Å²) >= 11 is 6.21. The van der Waals surface area contributed by atoms with E-state index < -0.39 is 10.0 Å². The zero-order chi connectivity index (χ0) is 21.6. The van der Waals surface area contributed by atoms with E-state index in [-0.39, 0.29) is 28.2 Å². The number of sulfonamides is 1. The van der Waals surface area contributed by atoms with Crippen molar-refractivity contribution in [1.82, 2.24) is 9.62 Å². The summed E-state index contributed by atoms with van der Waals surface area (Å²) in [6, 6.07) is 11.7. The van der Waals surface area contributed by atoms with Crippen LogP contribution in [0.5, 0.6) is 11.5 Å². The summed E-state index contributed by atoms with van der Waals surface area (Å²) in [7, 11) is -2.01. The number of carbonyl (C=O) groups is 1. The van der Waals surface area contributed by atoms with Crippen LogP contribution in [0.15, 0.2) is 47.4 Å². The van der Waals surface area contributed by atoms with Crippen LogP contribution in [0.4, 0.5) is 0 Å². The second-order valence-corrected chi connectivity index (χ2v) is 9.28. The van der Waals surface area contributed by atoms with E-state index in [9.17, 15) is 13.2 Å². The average Bonchev–Trinajstić information content (AvgIpc) is 2.77. The third kappa shape index (κ3) is 5.44. The van der Waals surface area contributed by atoms with Gasteiger partial charge in [-0.1, -0.05) is 36.2 Å². The highest BCUT2D eigenvalue weighted by atomic mass is 35.5. The lowest BCUT2D eigenvalue weighted by Gasteiger charge is -2.26. The van der Waals surface area contributed by atoms with Gasteiger partial charge in [0.05, 0.1) is 17.0 Å². The Bertz CT molecular complexity index is 991. The number of nitrogens with zero attached hydrogens (tertiary/aromatic N) is 1. The van der Waals surface area contributed by atoms with Crippen molar-refractivity contribution in [2.24, 2.45) is 0 Å². The third-order valence-electron chi connectivity index (χ3n) is 4.88. The van der Waals surface area contributed by atoms with Crippen molar-refractivity contribution < 1.29 is 22.7 Å². The van der Waals surface area contributed by atoms with Gasteiger partial charge in [0.2, 0.25) is 10.0 Å². The normalized spacial score (nSPS) is 14.9. The minimum atomic E-state index is -3.58. The summed E-state index contributed by atoms with van der Waals surface area (Å²) in [6.07, 6.45) is 2.76.